The average molecular weight is 323 g/mol. The van der Waals surface area contributed by atoms with Crippen molar-refractivity contribution in [2.24, 2.45) is 0 Å². The van der Waals surface area contributed by atoms with Gasteiger partial charge in [-0.15, -0.1) is 0 Å². The highest BCUT2D eigenvalue weighted by Crippen LogP contribution is 2.32. The van der Waals surface area contributed by atoms with E-state index in [0.29, 0.717) is 6.42 Å². The highest BCUT2D eigenvalue weighted by molar-refractivity contribution is 6.90. The Balaban J connectivity index is 2.23. The van der Waals surface area contributed by atoms with E-state index < -0.39 is 8.07 Å². The van der Waals surface area contributed by atoms with Crippen molar-refractivity contribution in [3.63, 3.8) is 0 Å². The third-order valence-corrected chi connectivity index (χ3v) is 7.64. The molecule has 0 amide bonds. The molecule has 0 saturated heterocycles. The van der Waals surface area contributed by atoms with Gasteiger partial charge in [0.05, 0.1) is 8.07 Å². The van der Waals surface area contributed by atoms with Crippen LogP contribution < -0.4 is 5.19 Å². The Hall–Kier alpha value is -1.93. The molecule has 0 heterocycles. The molecule has 1 unspecified atom stereocenters. The minimum atomic E-state index is -1.60. The quantitative estimate of drug-likeness (QED) is 0.522. The molecule has 2 aromatic rings. The van der Waals surface area contributed by atoms with Crippen molar-refractivity contribution < 1.29 is 4.79 Å². The van der Waals surface area contributed by atoms with E-state index in [-0.39, 0.29) is 11.7 Å². The Morgan fingerprint density at radius 3 is 2.04 bits per heavy atom. The zero-order valence-electron chi connectivity index (χ0n) is 14.4. The number of Topliss-reactive ketones (excluding diaryl/α,β-unsaturated/α-hetero) is 1. The first kappa shape index (κ1) is 17.4. The van der Waals surface area contributed by atoms with Crippen LogP contribution in [0.2, 0.25) is 19.1 Å². The van der Waals surface area contributed by atoms with Crippen LogP contribution in [-0.2, 0) is 4.79 Å². The van der Waals surface area contributed by atoms with Gasteiger partial charge in [-0.1, -0.05) is 91.1 Å². The highest BCUT2D eigenvalue weighted by atomic mass is 28.3. The summed E-state index contributed by atoms with van der Waals surface area (Å²) in [6, 6.07) is 22.0. The van der Waals surface area contributed by atoms with E-state index in [1.165, 1.54) is 16.3 Å². The minimum Gasteiger partial charge on any atom is -0.300 e. The lowest BCUT2D eigenvalue weighted by Gasteiger charge is -2.28. The molecule has 120 valence electrons. The fourth-order valence-corrected chi connectivity index (χ4v) is 5.83. The van der Waals surface area contributed by atoms with Crippen LogP contribution in [0.15, 0.2) is 72.8 Å². The summed E-state index contributed by atoms with van der Waals surface area (Å²) in [5, 5.41) is 1.44. The first-order valence-electron chi connectivity index (χ1n) is 8.18. The van der Waals surface area contributed by atoms with E-state index >= 15 is 0 Å². The molecule has 0 aliphatic rings. The molecule has 0 aromatic heterocycles. The maximum atomic E-state index is 11.7. The zero-order chi connectivity index (χ0) is 16.9. The smallest absolute Gasteiger partial charge is 0.130 e. The second-order valence-electron chi connectivity index (χ2n) is 6.95. The van der Waals surface area contributed by atoms with Gasteiger partial charge in [-0.25, -0.2) is 0 Å². The van der Waals surface area contributed by atoms with Crippen molar-refractivity contribution in [1.29, 1.82) is 0 Å². The molecule has 0 aliphatic carbocycles. The Morgan fingerprint density at radius 1 is 1.00 bits per heavy atom. The van der Waals surface area contributed by atoms with E-state index in [0.717, 1.165) is 6.04 Å². The fourth-order valence-electron chi connectivity index (χ4n) is 3.15. The van der Waals surface area contributed by atoms with Crippen molar-refractivity contribution in [2.75, 3.05) is 0 Å². The molecule has 0 aliphatic heterocycles. The fraction of sp³-hybridized carbons (Fsp3) is 0.286. The molecule has 2 heteroatoms. The van der Waals surface area contributed by atoms with Crippen LogP contribution in [0.3, 0.4) is 0 Å². The molecule has 0 radical (unpaired) electrons. The van der Waals surface area contributed by atoms with Crippen LogP contribution >= 0.6 is 0 Å². The van der Waals surface area contributed by atoms with Crippen molar-refractivity contribution in [2.45, 2.75) is 38.4 Å². The van der Waals surface area contributed by atoms with Gasteiger partial charge in [0.1, 0.15) is 5.78 Å². The van der Waals surface area contributed by atoms with E-state index in [1.807, 2.05) is 18.2 Å². The number of carbonyl (C=O) groups excluding carboxylic acids is 1. The largest absolute Gasteiger partial charge is 0.300 e. The van der Waals surface area contributed by atoms with Gasteiger partial charge >= 0.3 is 0 Å². The lowest BCUT2D eigenvalue weighted by molar-refractivity contribution is -0.117. The molecule has 1 atom stereocenters. The van der Waals surface area contributed by atoms with Crippen molar-refractivity contribution in [3.8, 4) is 0 Å². The van der Waals surface area contributed by atoms with Gasteiger partial charge in [-0.05, 0) is 18.5 Å². The SMILES string of the molecule is C=C(C[Si](C)(C)c1ccccc1)C(CC(C)=O)c1ccccc1. The monoisotopic (exact) mass is 322 g/mol. The van der Waals surface area contributed by atoms with E-state index in [9.17, 15) is 4.79 Å². The van der Waals surface area contributed by atoms with Gasteiger partial charge in [-0.2, -0.15) is 0 Å². The van der Waals surface area contributed by atoms with Crippen LogP contribution in [-0.4, -0.2) is 13.9 Å². The zero-order valence-corrected chi connectivity index (χ0v) is 15.4. The predicted octanol–water partition coefficient (Wildman–Crippen LogP) is 4.92. The van der Waals surface area contributed by atoms with Crippen LogP contribution in [0.25, 0.3) is 0 Å². The Labute approximate surface area is 141 Å². The van der Waals surface area contributed by atoms with Gasteiger partial charge in [-0.3, -0.25) is 4.79 Å². The van der Waals surface area contributed by atoms with Gasteiger partial charge in [0.2, 0.25) is 0 Å². The minimum absolute atomic E-state index is 0.129. The third kappa shape index (κ3) is 4.77. The van der Waals surface area contributed by atoms with Gasteiger partial charge in [0.25, 0.3) is 0 Å². The summed E-state index contributed by atoms with van der Waals surface area (Å²) >= 11 is 0. The van der Waals surface area contributed by atoms with Gasteiger partial charge in [0, 0.05) is 12.3 Å². The summed E-state index contributed by atoms with van der Waals surface area (Å²) in [5.41, 5.74) is 2.39. The van der Waals surface area contributed by atoms with Crippen molar-refractivity contribution in [3.05, 3.63) is 78.4 Å². The van der Waals surface area contributed by atoms with Crippen LogP contribution in [0.1, 0.15) is 24.8 Å². The molecule has 0 N–H and O–H groups in total. The van der Waals surface area contributed by atoms with Crippen molar-refractivity contribution >= 4 is 19.0 Å². The summed E-state index contributed by atoms with van der Waals surface area (Å²) in [6.45, 7) is 10.8. The normalized spacial score (nSPS) is 12.7. The Morgan fingerprint density at radius 2 is 1.52 bits per heavy atom. The van der Waals surface area contributed by atoms with Crippen LogP contribution in [0.5, 0.6) is 0 Å². The van der Waals surface area contributed by atoms with E-state index in [2.05, 4.69) is 62.1 Å². The molecule has 2 aromatic carbocycles. The molecule has 1 nitrogen and oxygen atoms in total. The maximum Gasteiger partial charge on any atom is 0.130 e. The number of benzene rings is 2. The lowest BCUT2D eigenvalue weighted by atomic mass is 9.88. The van der Waals surface area contributed by atoms with Crippen LogP contribution in [0.4, 0.5) is 0 Å². The number of allylic oxidation sites excluding steroid dienone is 1. The number of hydrogen-bond donors (Lipinski definition) is 0. The summed E-state index contributed by atoms with van der Waals surface area (Å²) < 4.78 is 0. The topological polar surface area (TPSA) is 17.1 Å². The molecule has 0 fully saturated rings. The van der Waals surface area contributed by atoms with Gasteiger partial charge in [0.15, 0.2) is 0 Å². The summed E-state index contributed by atoms with van der Waals surface area (Å²) in [5.74, 6) is 0.350. The maximum absolute atomic E-state index is 11.7. The second-order valence-corrected chi connectivity index (χ2v) is 11.7. The Bertz CT molecular complexity index is 659. The summed E-state index contributed by atoms with van der Waals surface area (Å²) in [6.07, 6.45) is 0.544. The molecule has 0 spiro atoms. The molecule has 0 bridgehead atoms. The molecular formula is C21H26OSi. The third-order valence-electron chi connectivity index (χ3n) is 4.41. The second kappa shape index (κ2) is 7.56. The number of ketones is 1. The van der Waals surface area contributed by atoms with E-state index in [4.69, 9.17) is 0 Å². The number of rotatable bonds is 7. The van der Waals surface area contributed by atoms with Crippen LogP contribution in [0, 0.1) is 0 Å². The first-order chi connectivity index (χ1) is 10.9. The first-order valence-corrected chi connectivity index (χ1v) is 11.4. The molecule has 2 rings (SSSR count). The predicted molar refractivity (Wildman–Crippen MR) is 102 cm³/mol. The highest BCUT2D eigenvalue weighted by Gasteiger charge is 2.27. The molecule has 23 heavy (non-hydrogen) atoms. The summed E-state index contributed by atoms with van der Waals surface area (Å²) in [4.78, 5) is 11.7. The molecule has 0 saturated carbocycles. The summed E-state index contributed by atoms with van der Waals surface area (Å²) in [7, 11) is -1.60. The standard InChI is InChI=1S/C21H26OSi/c1-17(16-23(3,4)20-13-9-6-10-14-20)21(15-18(2)22)19-11-7-5-8-12-19/h5-14,21H,1,15-16H2,2-4H3. The Kier molecular flexibility index (Phi) is 5.73. The number of hydrogen-bond acceptors (Lipinski definition) is 1. The molecular weight excluding hydrogens is 296 g/mol. The lowest BCUT2D eigenvalue weighted by Crippen LogP contribution is -2.41. The average Bonchev–Trinajstić information content (AvgIpc) is 2.53. The van der Waals surface area contributed by atoms with E-state index in [1.54, 1.807) is 6.92 Å². The van der Waals surface area contributed by atoms with Gasteiger partial charge < -0.3 is 0 Å². The van der Waals surface area contributed by atoms with Crippen molar-refractivity contribution in [1.82, 2.24) is 0 Å². The number of carbonyl (C=O) groups is 1.